The van der Waals surface area contributed by atoms with Crippen molar-refractivity contribution in [1.29, 1.82) is 0 Å². The highest BCUT2D eigenvalue weighted by Crippen LogP contribution is 2.28. The fourth-order valence-corrected chi connectivity index (χ4v) is 1.93. The van der Waals surface area contributed by atoms with Crippen LogP contribution >= 0.6 is 11.6 Å². The minimum atomic E-state index is -0.904. The van der Waals surface area contributed by atoms with Crippen LogP contribution in [0, 0.1) is 0 Å². The van der Waals surface area contributed by atoms with Crippen LogP contribution in [-0.4, -0.2) is 22.1 Å². The number of carbonyl (C=O) groups is 1. The van der Waals surface area contributed by atoms with E-state index in [2.05, 4.69) is 4.98 Å². The van der Waals surface area contributed by atoms with Gasteiger partial charge < -0.3 is 10.0 Å². The van der Waals surface area contributed by atoms with Crippen LogP contribution < -0.4 is 4.90 Å². The Balaban J connectivity index is 2.45. The van der Waals surface area contributed by atoms with Crippen molar-refractivity contribution in [3.63, 3.8) is 0 Å². The molecule has 19 heavy (non-hydrogen) atoms. The Morgan fingerprint density at radius 3 is 2.47 bits per heavy atom. The van der Waals surface area contributed by atoms with E-state index in [9.17, 15) is 9.90 Å². The first-order chi connectivity index (χ1) is 9.09. The van der Waals surface area contributed by atoms with E-state index in [4.69, 9.17) is 11.6 Å². The topological polar surface area (TPSA) is 53.4 Å². The summed E-state index contributed by atoms with van der Waals surface area (Å²) in [7, 11) is 0. The van der Waals surface area contributed by atoms with Crippen LogP contribution in [0.5, 0.6) is 0 Å². The number of rotatable bonds is 4. The summed E-state index contributed by atoms with van der Waals surface area (Å²) < 4.78 is 0. The molecule has 0 bridgehead atoms. The van der Waals surface area contributed by atoms with Crippen molar-refractivity contribution in [1.82, 2.24) is 4.98 Å². The zero-order valence-electron chi connectivity index (χ0n) is 10.3. The molecule has 5 heteroatoms. The molecule has 0 aliphatic rings. The lowest BCUT2D eigenvalue weighted by molar-refractivity contribution is -0.137. The smallest absolute Gasteiger partial charge is 0.326 e. The Morgan fingerprint density at radius 1 is 1.26 bits per heavy atom. The van der Waals surface area contributed by atoms with Crippen molar-refractivity contribution >= 4 is 28.9 Å². The highest BCUT2D eigenvalue weighted by Gasteiger charge is 2.22. The highest BCUT2D eigenvalue weighted by molar-refractivity contribution is 6.30. The van der Waals surface area contributed by atoms with Crippen molar-refractivity contribution in [3.8, 4) is 0 Å². The number of hydrogen-bond acceptors (Lipinski definition) is 3. The number of aromatic nitrogens is 1. The molecular formula is C14H13ClN2O2. The average molecular weight is 277 g/mol. The fraction of sp³-hybridized carbons (Fsp3) is 0.143. The second-order valence-electron chi connectivity index (χ2n) is 4.07. The lowest BCUT2D eigenvalue weighted by atomic mass is 10.2. The molecule has 0 spiro atoms. The molecule has 1 atom stereocenters. The Kier molecular flexibility index (Phi) is 4.02. The molecule has 0 saturated heterocycles. The summed E-state index contributed by atoms with van der Waals surface area (Å²) in [5, 5.41) is 9.85. The van der Waals surface area contributed by atoms with Crippen molar-refractivity contribution in [2.24, 2.45) is 0 Å². The Labute approximate surface area is 116 Å². The molecular weight excluding hydrogens is 264 g/mol. The minimum Gasteiger partial charge on any atom is -0.480 e. The first-order valence-corrected chi connectivity index (χ1v) is 6.15. The van der Waals surface area contributed by atoms with E-state index in [0.29, 0.717) is 5.02 Å². The molecule has 0 amide bonds. The number of pyridine rings is 1. The van der Waals surface area contributed by atoms with Crippen LogP contribution in [0.2, 0.25) is 5.02 Å². The van der Waals surface area contributed by atoms with E-state index in [0.717, 1.165) is 11.4 Å². The van der Waals surface area contributed by atoms with E-state index < -0.39 is 12.0 Å². The number of carboxylic acids is 1. The molecule has 4 nitrogen and oxygen atoms in total. The summed E-state index contributed by atoms with van der Waals surface area (Å²) in [4.78, 5) is 17.0. The van der Waals surface area contributed by atoms with E-state index in [-0.39, 0.29) is 0 Å². The number of halogens is 1. The van der Waals surface area contributed by atoms with Gasteiger partial charge in [-0.15, -0.1) is 0 Å². The third kappa shape index (κ3) is 3.03. The first-order valence-electron chi connectivity index (χ1n) is 5.77. The minimum absolute atomic E-state index is 0.609. The van der Waals surface area contributed by atoms with Gasteiger partial charge in [0.1, 0.15) is 6.04 Å². The van der Waals surface area contributed by atoms with Gasteiger partial charge in [-0.05, 0) is 43.3 Å². The summed E-state index contributed by atoms with van der Waals surface area (Å²) in [6.07, 6.45) is 3.28. The van der Waals surface area contributed by atoms with Crippen LogP contribution in [0.1, 0.15) is 6.92 Å². The SMILES string of the molecule is C[C@@H](C(=O)O)N(c1ccc(Cl)cc1)c1cccnc1. The number of aliphatic carboxylic acids is 1. The van der Waals surface area contributed by atoms with E-state index in [1.165, 1.54) is 0 Å². The summed E-state index contributed by atoms with van der Waals surface area (Å²) in [5.74, 6) is -0.904. The summed E-state index contributed by atoms with van der Waals surface area (Å²) in [6, 6.07) is 9.92. The molecule has 1 heterocycles. The van der Waals surface area contributed by atoms with Gasteiger partial charge in [0.25, 0.3) is 0 Å². The monoisotopic (exact) mass is 276 g/mol. The molecule has 2 rings (SSSR count). The quantitative estimate of drug-likeness (QED) is 0.930. The predicted molar refractivity (Wildman–Crippen MR) is 74.9 cm³/mol. The van der Waals surface area contributed by atoms with Crippen LogP contribution in [0.25, 0.3) is 0 Å². The molecule has 2 aromatic rings. The molecule has 1 aromatic carbocycles. The van der Waals surface area contributed by atoms with Gasteiger partial charge in [0.2, 0.25) is 0 Å². The zero-order valence-corrected chi connectivity index (χ0v) is 11.1. The summed E-state index contributed by atoms with van der Waals surface area (Å²) in [6.45, 7) is 1.63. The number of carboxylic acid groups (broad SMARTS) is 1. The third-order valence-corrected chi connectivity index (χ3v) is 3.03. The third-order valence-electron chi connectivity index (χ3n) is 2.77. The summed E-state index contributed by atoms with van der Waals surface area (Å²) >= 11 is 5.86. The standard InChI is InChI=1S/C14H13ClN2O2/c1-10(14(18)19)17(13-3-2-8-16-9-13)12-6-4-11(15)5-7-12/h2-10H,1H3,(H,18,19)/t10-/m0/s1. The van der Waals surface area contributed by atoms with Crippen molar-refractivity contribution in [3.05, 3.63) is 53.8 Å². The van der Waals surface area contributed by atoms with Gasteiger partial charge in [-0.3, -0.25) is 4.98 Å². The molecule has 0 fully saturated rings. The fourth-order valence-electron chi connectivity index (χ4n) is 1.80. The van der Waals surface area contributed by atoms with Gasteiger partial charge >= 0.3 is 5.97 Å². The largest absolute Gasteiger partial charge is 0.480 e. The lowest BCUT2D eigenvalue weighted by Gasteiger charge is -2.28. The Bertz CT molecular complexity index is 557. The summed E-state index contributed by atoms with van der Waals surface area (Å²) in [5.41, 5.74) is 1.48. The maximum absolute atomic E-state index is 11.3. The van der Waals surface area contributed by atoms with E-state index in [1.54, 1.807) is 54.5 Å². The predicted octanol–water partition coefficient (Wildman–Crippen LogP) is 3.35. The van der Waals surface area contributed by atoms with Gasteiger partial charge in [-0.25, -0.2) is 4.79 Å². The van der Waals surface area contributed by atoms with Crippen LogP contribution in [0.3, 0.4) is 0 Å². The van der Waals surface area contributed by atoms with Crippen molar-refractivity contribution < 1.29 is 9.90 Å². The maximum atomic E-state index is 11.3. The molecule has 0 unspecified atom stereocenters. The van der Waals surface area contributed by atoms with Gasteiger partial charge in [0.05, 0.1) is 11.9 Å². The average Bonchev–Trinajstić information content (AvgIpc) is 2.42. The van der Waals surface area contributed by atoms with Crippen LogP contribution in [0.4, 0.5) is 11.4 Å². The highest BCUT2D eigenvalue weighted by atomic mass is 35.5. The van der Waals surface area contributed by atoms with Gasteiger partial charge in [0.15, 0.2) is 0 Å². The second-order valence-corrected chi connectivity index (χ2v) is 4.51. The van der Waals surface area contributed by atoms with Gasteiger partial charge in [-0.1, -0.05) is 11.6 Å². The van der Waals surface area contributed by atoms with Crippen molar-refractivity contribution in [2.45, 2.75) is 13.0 Å². The Hall–Kier alpha value is -2.07. The number of benzene rings is 1. The zero-order chi connectivity index (χ0) is 13.8. The molecule has 0 saturated carbocycles. The van der Waals surface area contributed by atoms with Gasteiger partial charge in [-0.2, -0.15) is 0 Å². The molecule has 0 radical (unpaired) electrons. The number of hydrogen-bond donors (Lipinski definition) is 1. The molecule has 0 aliphatic heterocycles. The first kappa shape index (κ1) is 13.4. The number of nitrogens with zero attached hydrogens (tertiary/aromatic N) is 2. The lowest BCUT2D eigenvalue weighted by Crippen LogP contribution is -2.35. The Morgan fingerprint density at radius 2 is 1.95 bits per heavy atom. The molecule has 0 aliphatic carbocycles. The van der Waals surface area contributed by atoms with E-state index in [1.807, 2.05) is 6.07 Å². The number of anilines is 2. The van der Waals surface area contributed by atoms with Crippen LogP contribution in [0.15, 0.2) is 48.8 Å². The van der Waals surface area contributed by atoms with Crippen molar-refractivity contribution in [2.75, 3.05) is 4.90 Å². The van der Waals surface area contributed by atoms with Crippen LogP contribution in [-0.2, 0) is 4.79 Å². The molecule has 1 N–H and O–H groups in total. The second kappa shape index (κ2) is 5.71. The molecule has 1 aromatic heterocycles. The van der Waals surface area contributed by atoms with E-state index >= 15 is 0 Å². The van der Waals surface area contributed by atoms with Gasteiger partial charge in [0, 0.05) is 16.9 Å². The molecule has 98 valence electrons. The maximum Gasteiger partial charge on any atom is 0.326 e. The normalized spacial score (nSPS) is 11.9.